The van der Waals surface area contributed by atoms with Gasteiger partial charge in [-0.05, 0) is 17.7 Å². The Balaban J connectivity index is 2.60. The van der Waals surface area contributed by atoms with E-state index in [1.54, 1.807) is 19.2 Å². The Morgan fingerprint density at radius 3 is 2.65 bits per heavy atom. The number of esters is 1. The molecule has 0 spiro atoms. The van der Waals surface area contributed by atoms with Crippen LogP contribution in [0.25, 0.3) is 0 Å². The van der Waals surface area contributed by atoms with Gasteiger partial charge in [-0.2, -0.15) is 0 Å². The lowest BCUT2D eigenvalue weighted by molar-refractivity contribution is 0.0596. The molecule has 0 N–H and O–H groups in total. The van der Waals surface area contributed by atoms with Gasteiger partial charge in [-0.1, -0.05) is 22.0 Å². The molecule has 0 atom stereocenters. The van der Waals surface area contributed by atoms with E-state index in [1.807, 2.05) is 6.07 Å². The predicted octanol–water partition coefficient (Wildman–Crippen LogP) is 2.40. The van der Waals surface area contributed by atoms with E-state index >= 15 is 0 Å². The quantitative estimate of drug-likeness (QED) is 0.598. The van der Waals surface area contributed by atoms with E-state index in [0.717, 1.165) is 10.0 Å². The minimum atomic E-state index is -0.349. The van der Waals surface area contributed by atoms with E-state index in [-0.39, 0.29) is 5.97 Å². The predicted molar refractivity (Wildman–Crippen MR) is 67.0 cm³/mol. The summed E-state index contributed by atoms with van der Waals surface area (Å²) >= 11 is 3.39. The molecule has 0 fully saturated rings. The van der Waals surface area contributed by atoms with Gasteiger partial charge in [0.05, 0.1) is 32.5 Å². The molecule has 1 aromatic rings. The Bertz CT molecular complexity index is 379. The largest absolute Gasteiger partial charge is 0.465 e. The summed E-state index contributed by atoms with van der Waals surface area (Å²) in [5.41, 5.74) is 1.49. The summed E-state index contributed by atoms with van der Waals surface area (Å²) in [5.74, 6) is -0.349. The van der Waals surface area contributed by atoms with Crippen molar-refractivity contribution >= 4 is 21.9 Å². The van der Waals surface area contributed by atoms with Crippen molar-refractivity contribution in [2.75, 3.05) is 27.4 Å². The third-order valence-corrected chi connectivity index (χ3v) is 2.90. The zero-order chi connectivity index (χ0) is 12.7. The lowest BCUT2D eigenvalue weighted by Crippen LogP contribution is -2.04. The van der Waals surface area contributed by atoms with E-state index in [1.165, 1.54) is 7.11 Å². The minimum absolute atomic E-state index is 0.349. The fraction of sp³-hybridized carbons (Fsp3) is 0.417. The minimum Gasteiger partial charge on any atom is -0.465 e. The first-order valence-corrected chi connectivity index (χ1v) is 5.91. The average molecular weight is 303 g/mol. The Hall–Kier alpha value is -0.910. The smallest absolute Gasteiger partial charge is 0.337 e. The van der Waals surface area contributed by atoms with Gasteiger partial charge in [0.2, 0.25) is 0 Å². The zero-order valence-electron chi connectivity index (χ0n) is 9.86. The second kappa shape index (κ2) is 7.42. The molecule has 0 unspecified atom stereocenters. The molecule has 4 nitrogen and oxygen atoms in total. The molecule has 0 aliphatic carbocycles. The fourth-order valence-corrected chi connectivity index (χ4v) is 1.73. The van der Waals surface area contributed by atoms with Crippen LogP contribution in [0.15, 0.2) is 22.7 Å². The number of hydrogen-bond acceptors (Lipinski definition) is 4. The van der Waals surface area contributed by atoms with Crippen molar-refractivity contribution in [1.82, 2.24) is 0 Å². The first kappa shape index (κ1) is 14.2. The van der Waals surface area contributed by atoms with Gasteiger partial charge in [0.15, 0.2) is 0 Å². The number of methoxy groups -OCH3 is 2. The maximum Gasteiger partial charge on any atom is 0.337 e. The number of carbonyl (C=O) groups is 1. The van der Waals surface area contributed by atoms with Gasteiger partial charge < -0.3 is 14.2 Å². The van der Waals surface area contributed by atoms with E-state index in [9.17, 15) is 4.79 Å². The maximum atomic E-state index is 11.3. The Morgan fingerprint density at radius 2 is 2.06 bits per heavy atom. The second-order valence-electron chi connectivity index (χ2n) is 3.34. The lowest BCUT2D eigenvalue weighted by Gasteiger charge is -2.07. The molecular formula is C12H15BrO4. The molecule has 1 aromatic carbocycles. The summed E-state index contributed by atoms with van der Waals surface area (Å²) in [6, 6.07) is 5.27. The van der Waals surface area contributed by atoms with Crippen LogP contribution in [0.5, 0.6) is 0 Å². The van der Waals surface area contributed by atoms with Gasteiger partial charge in [-0.15, -0.1) is 0 Å². The average Bonchev–Trinajstić information content (AvgIpc) is 2.35. The van der Waals surface area contributed by atoms with Crippen molar-refractivity contribution in [3.8, 4) is 0 Å². The molecule has 1 rings (SSSR count). The van der Waals surface area contributed by atoms with E-state index in [0.29, 0.717) is 25.4 Å². The molecule has 0 bridgehead atoms. The Morgan fingerprint density at radius 1 is 1.29 bits per heavy atom. The van der Waals surface area contributed by atoms with Crippen molar-refractivity contribution in [2.24, 2.45) is 0 Å². The molecule has 0 amide bonds. The monoisotopic (exact) mass is 302 g/mol. The summed E-state index contributed by atoms with van der Waals surface area (Å²) < 4.78 is 15.7. The molecule has 94 valence electrons. The van der Waals surface area contributed by atoms with E-state index in [2.05, 4.69) is 20.7 Å². The summed E-state index contributed by atoms with van der Waals surface area (Å²) in [6.45, 7) is 1.59. The van der Waals surface area contributed by atoms with Crippen molar-refractivity contribution in [1.29, 1.82) is 0 Å². The number of carbonyl (C=O) groups excluding carboxylic acids is 1. The van der Waals surface area contributed by atoms with E-state index in [4.69, 9.17) is 9.47 Å². The van der Waals surface area contributed by atoms with Crippen LogP contribution in [0, 0.1) is 0 Å². The van der Waals surface area contributed by atoms with Crippen LogP contribution in [-0.2, 0) is 20.8 Å². The Kier molecular flexibility index (Phi) is 6.18. The van der Waals surface area contributed by atoms with Crippen LogP contribution in [0.2, 0.25) is 0 Å². The van der Waals surface area contributed by atoms with Gasteiger partial charge in [0, 0.05) is 11.6 Å². The lowest BCUT2D eigenvalue weighted by atomic mass is 10.1. The van der Waals surface area contributed by atoms with E-state index < -0.39 is 0 Å². The summed E-state index contributed by atoms with van der Waals surface area (Å²) in [6.07, 6.45) is 0. The van der Waals surface area contributed by atoms with Crippen LogP contribution in [-0.4, -0.2) is 33.4 Å². The molecule has 17 heavy (non-hydrogen) atoms. The molecule has 5 heteroatoms. The third-order valence-electron chi connectivity index (χ3n) is 2.16. The van der Waals surface area contributed by atoms with Crippen LogP contribution >= 0.6 is 15.9 Å². The van der Waals surface area contributed by atoms with Crippen LogP contribution in [0.3, 0.4) is 0 Å². The van der Waals surface area contributed by atoms with Gasteiger partial charge in [-0.3, -0.25) is 0 Å². The first-order valence-electron chi connectivity index (χ1n) is 5.12. The standard InChI is InChI=1S/C12H15BrO4/c1-15-5-6-17-8-10-4-3-9(7-11(10)13)12(14)16-2/h3-4,7H,5-6,8H2,1-2H3. The molecule has 0 saturated heterocycles. The van der Waals surface area contributed by atoms with Crippen molar-refractivity contribution in [2.45, 2.75) is 6.61 Å². The molecule has 0 radical (unpaired) electrons. The van der Waals surface area contributed by atoms with Gasteiger partial charge in [-0.25, -0.2) is 4.79 Å². The summed E-state index contributed by atoms with van der Waals surface area (Å²) in [4.78, 5) is 11.3. The number of halogens is 1. The maximum absolute atomic E-state index is 11.3. The highest BCUT2D eigenvalue weighted by atomic mass is 79.9. The summed E-state index contributed by atoms with van der Waals surface area (Å²) in [5, 5.41) is 0. The van der Waals surface area contributed by atoms with Crippen LogP contribution < -0.4 is 0 Å². The number of rotatable bonds is 6. The highest BCUT2D eigenvalue weighted by Crippen LogP contribution is 2.20. The summed E-state index contributed by atoms with van der Waals surface area (Å²) in [7, 11) is 2.99. The molecule has 0 aliphatic rings. The van der Waals surface area contributed by atoms with Crippen molar-refractivity contribution in [3.05, 3.63) is 33.8 Å². The molecule has 0 aliphatic heterocycles. The highest BCUT2D eigenvalue weighted by molar-refractivity contribution is 9.10. The molecule has 0 heterocycles. The topological polar surface area (TPSA) is 44.8 Å². The first-order chi connectivity index (χ1) is 8.19. The van der Waals surface area contributed by atoms with Gasteiger partial charge in [0.1, 0.15) is 0 Å². The fourth-order valence-electron chi connectivity index (χ4n) is 1.23. The molecule has 0 saturated carbocycles. The van der Waals surface area contributed by atoms with Gasteiger partial charge in [0.25, 0.3) is 0 Å². The number of benzene rings is 1. The Labute approximate surface area is 109 Å². The van der Waals surface area contributed by atoms with Gasteiger partial charge >= 0.3 is 5.97 Å². The van der Waals surface area contributed by atoms with Crippen LogP contribution in [0.1, 0.15) is 15.9 Å². The van der Waals surface area contributed by atoms with Crippen LogP contribution in [0.4, 0.5) is 0 Å². The highest BCUT2D eigenvalue weighted by Gasteiger charge is 2.08. The van der Waals surface area contributed by atoms with Crippen molar-refractivity contribution in [3.63, 3.8) is 0 Å². The third kappa shape index (κ3) is 4.46. The number of hydrogen-bond donors (Lipinski definition) is 0. The second-order valence-corrected chi connectivity index (χ2v) is 4.20. The van der Waals surface area contributed by atoms with Crippen molar-refractivity contribution < 1.29 is 19.0 Å². The number of ether oxygens (including phenoxy) is 3. The normalized spacial score (nSPS) is 10.3. The zero-order valence-corrected chi connectivity index (χ0v) is 11.5. The molecule has 0 aromatic heterocycles. The SMILES string of the molecule is COCCOCc1ccc(C(=O)OC)cc1Br. The molecular weight excluding hydrogens is 288 g/mol.